The van der Waals surface area contributed by atoms with Crippen LogP contribution >= 0.6 is 0 Å². The lowest BCUT2D eigenvalue weighted by Crippen LogP contribution is -2.39. The summed E-state index contributed by atoms with van der Waals surface area (Å²) in [7, 11) is 0. The van der Waals surface area contributed by atoms with Crippen LogP contribution in [0.15, 0.2) is 24.2 Å². The largest absolute Gasteiger partial charge is 0.383 e. The number of hydrogen-bond donors (Lipinski definition) is 3. The van der Waals surface area contributed by atoms with Gasteiger partial charge in [0.15, 0.2) is 0 Å². The van der Waals surface area contributed by atoms with Gasteiger partial charge in [-0.2, -0.15) is 0 Å². The molecule has 88 valence electrons. The van der Waals surface area contributed by atoms with E-state index in [2.05, 4.69) is 10.6 Å². The number of primary amides is 1. The Morgan fingerprint density at radius 3 is 3.12 bits per heavy atom. The molecule has 5 heteroatoms. The number of rotatable bonds is 1. The quantitative estimate of drug-likeness (QED) is 0.623. The molecule has 2 aliphatic heterocycles. The van der Waals surface area contributed by atoms with Gasteiger partial charge >= 0.3 is 0 Å². The van der Waals surface area contributed by atoms with E-state index in [1.165, 1.54) is 0 Å². The molecule has 5 nitrogen and oxygen atoms in total. The molecule has 2 amide bonds. The number of hydrogen-bond acceptors (Lipinski definition) is 3. The van der Waals surface area contributed by atoms with Gasteiger partial charge in [0.1, 0.15) is 6.04 Å². The summed E-state index contributed by atoms with van der Waals surface area (Å²) < 4.78 is 7.66. The first kappa shape index (κ1) is 9.04. The third-order valence-electron chi connectivity index (χ3n) is 3.60. The van der Waals surface area contributed by atoms with Crippen molar-refractivity contribution in [3.05, 3.63) is 29.8 Å². The van der Waals surface area contributed by atoms with E-state index in [1.807, 2.05) is 0 Å². The van der Waals surface area contributed by atoms with Crippen molar-refractivity contribution in [2.45, 2.75) is 17.9 Å². The topological polar surface area (TPSA) is 84.2 Å². The molecule has 2 atom stereocenters. The van der Waals surface area contributed by atoms with E-state index in [-0.39, 0.29) is 5.91 Å². The molecule has 1 spiro atoms. The standard InChI is InChI=1S/C12H13N3O2/c13-10(16)9-5-12(11(17)15-9)6-14-8-4-2-1-3-7(8)12/h1-4,9,14H,5-6H2,(H2,13,16)(H,15,17)/i1D. The second kappa shape index (κ2) is 3.23. The van der Waals surface area contributed by atoms with Crippen LogP contribution in [-0.2, 0) is 15.0 Å². The second-order valence-corrected chi connectivity index (χ2v) is 4.54. The molecule has 0 bridgehead atoms. The number of para-hydroxylation sites is 1. The molecule has 17 heavy (non-hydrogen) atoms. The molecule has 2 aliphatic rings. The SMILES string of the molecule is [2H]c1ccc2c(c1)C1(CN2)CC(C(N)=O)NC1=O. The van der Waals surface area contributed by atoms with Gasteiger partial charge in [0, 0.05) is 12.2 Å². The number of nitrogens with one attached hydrogen (secondary N) is 2. The highest BCUT2D eigenvalue weighted by molar-refractivity contribution is 5.99. The molecule has 1 aromatic carbocycles. The first-order chi connectivity index (χ1) is 8.53. The molecule has 1 saturated heterocycles. The molecule has 4 N–H and O–H groups in total. The Balaban J connectivity index is 2.07. The van der Waals surface area contributed by atoms with Crippen LogP contribution < -0.4 is 16.4 Å². The molecule has 0 saturated carbocycles. The molecule has 0 radical (unpaired) electrons. The first-order valence-electron chi connectivity index (χ1n) is 5.98. The fraction of sp³-hybridized carbons (Fsp3) is 0.333. The van der Waals surface area contributed by atoms with E-state index in [1.54, 1.807) is 18.2 Å². The summed E-state index contributed by atoms with van der Waals surface area (Å²) >= 11 is 0. The van der Waals surface area contributed by atoms with Crippen LogP contribution in [0.5, 0.6) is 0 Å². The molecular weight excluding hydrogens is 218 g/mol. The third kappa shape index (κ3) is 1.25. The monoisotopic (exact) mass is 232 g/mol. The highest BCUT2D eigenvalue weighted by atomic mass is 16.2. The summed E-state index contributed by atoms with van der Waals surface area (Å²) in [5.41, 5.74) is 6.13. The van der Waals surface area contributed by atoms with Gasteiger partial charge in [0.05, 0.1) is 6.79 Å². The Hall–Kier alpha value is -2.04. The van der Waals surface area contributed by atoms with E-state index in [4.69, 9.17) is 7.10 Å². The van der Waals surface area contributed by atoms with E-state index < -0.39 is 17.4 Å². The van der Waals surface area contributed by atoms with Crippen molar-refractivity contribution >= 4 is 17.5 Å². The van der Waals surface area contributed by atoms with Crippen LogP contribution in [0.3, 0.4) is 0 Å². The number of anilines is 1. The second-order valence-electron chi connectivity index (χ2n) is 4.54. The van der Waals surface area contributed by atoms with Gasteiger partial charge in [-0.15, -0.1) is 0 Å². The van der Waals surface area contributed by atoms with Crippen molar-refractivity contribution in [1.29, 1.82) is 0 Å². The van der Waals surface area contributed by atoms with Crippen molar-refractivity contribution in [1.82, 2.24) is 5.32 Å². The number of fused-ring (bicyclic) bond motifs is 2. The normalized spacial score (nSPS) is 30.7. The minimum absolute atomic E-state index is 0.192. The summed E-state index contributed by atoms with van der Waals surface area (Å²) in [4.78, 5) is 23.4. The van der Waals surface area contributed by atoms with E-state index in [0.717, 1.165) is 11.3 Å². The Kier molecular flexibility index (Phi) is 1.72. The van der Waals surface area contributed by atoms with Gasteiger partial charge in [-0.25, -0.2) is 0 Å². The number of carbonyl (C=O) groups excluding carboxylic acids is 2. The zero-order chi connectivity index (χ0) is 12.9. The third-order valence-corrected chi connectivity index (χ3v) is 3.60. The fourth-order valence-electron chi connectivity index (χ4n) is 2.67. The van der Waals surface area contributed by atoms with Crippen LogP contribution in [0.25, 0.3) is 0 Å². The van der Waals surface area contributed by atoms with Crippen LogP contribution in [0.4, 0.5) is 5.69 Å². The summed E-state index contributed by atoms with van der Waals surface area (Å²) in [5.74, 6) is -0.709. The van der Waals surface area contributed by atoms with Crippen molar-refractivity contribution in [2.24, 2.45) is 5.73 Å². The Morgan fingerprint density at radius 1 is 1.59 bits per heavy atom. The van der Waals surface area contributed by atoms with Crippen LogP contribution in [-0.4, -0.2) is 24.4 Å². The van der Waals surface area contributed by atoms with Gasteiger partial charge in [-0.1, -0.05) is 18.2 Å². The summed E-state index contributed by atoms with van der Waals surface area (Å²) in [6, 6.07) is 4.87. The average molecular weight is 232 g/mol. The van der Waals surface area contributed by atoms with Gasteiger partial charge in [-0.05, 0) is 18.1 Å². The Labute approximate surface area is 99.8 Å². The summed E-state index contributed by atoms with van der Waals surface area (Å²) in [5, 5.41) is 5.79. The lowest BCUT2D eigenvalue weighted by molar-refractivity contribution is -0.125. The molecule has 0 aliphatic carbocycles. The van der Waals surface area contributed by atoms with Gasteiger partial charge < -0.3 is 16.4 Å². The number of amides is 2. The lowest BCUT2D eigenvalue weighted by atomic mass is 9.79. The Bertz CT molecular complexity index is 560. The summed E-state index contributed by atoms with van der Waals surface area (Å²) in [6.07, 6.45) is 0.352. The predicted octanol–water partition coefficient (Wildman–Crippen LogP) is -0.276. The van der Waals surface area contributed by atoms with E-state index in [9.17, 15) is 9.59 Å². The molecule has 0 aromatic heterocycles. The fourth-order valence-corrected chi connectivity index (χ4v) is 2.67. The average Bonchev–Trinajstić information content (AvgIpc) is 2.84. The van der Waals surface area contributed by atoms with Gasteiger partial charge in [0.25, 0.3) is 0 Å². The van der Waals surface area contributed by atoms with Gasteiger partial charge in [0.2, 0.25) is 11.8 Å². The van der Waals surface area contributed by atoms with Crippen LogP contribution in [0.2, 0.25) is 0 Å². The van der Waals surface area contributed by atoms with Gasteiger partial charge in [-0.3, -0.25) is 9.59 Å². The molecule has 1 aromatic rings. The molecule has 1 fully saturated rings. The zero-order valence-electron chi connectivity index (χ0n) is 10.1. The van der Waals surface area contributed by atoms with Crippen molar-refractivity contribution in [3.63, 3.8) is 0 Å². The lowest BCUT2D eigenvalue weighted by Gasteiger charge is -2.19. The van der Waals surface area contributed by atoms with Crippen LogP contribution in [0.1, 0.15) is 13.4 Å². The minimum Gasteiger partial charge on any atom is -0.383 e. The van der Waals surface area contributed by atoms with Crippen LogP contribution in [0, 0.1) is 0 Å². The maximum Gasteiger partial charge on any atom is 0.240 e. The zero-order valence-corrected chi connectivity index (χ0v) is 9.12. The number of benzene rings is 1. The molecular formula is C12H13N3O2. The maximum atomic E-state index is 12.2. The number of carbonyl (C=O) groups is 2. The predicted molar refractivity (Wildman–Crippen MR) is 62.4 cm³/mol. The summed E-state index contributed by atoms with van der Waals surface area (Å²) in [6.45, 7) is 0.446. The van der Waals surface area contributed by atoms with Crippen molar-refractivity contribution < 1.29 is 11.0 Å². The Morgan fingerprint density at radius 2 is 2.41 bits per heavy atom. The molecule has 2 unspecified atom stereocenters. The molecule has 2 heterocycles. The van der Waals surface area contributed by atoms with E-state index >= 15 is 0 Å². The highest BCUT2D eigenvalue weighted by Gasteiger charge is 2.53. The van der Waals surface area contributed by atoms with E-state index in [0.29, 0.717) is 19.0 Å². The molecule has 3 rings (SSSR count). The van der Waals surface area contributed by atoms with Crippen molar-refractivity contribution in [2.75, 3.05) is 11.9 Å². The highest BCUT2D eigenvalue weighted by Crippen LogP contribution is 2.42. The minimum atomic E-state index is -0.758. The smallest absolute Gasteiger partial charge is 0.240 e. The number of nitrogens with two attached hydrogens (primary N) is 1. The van der Waals surface area contributed by atoms with Crippen molar-refractivity contribution in [3.8, 4) is 0 Å². The maximum absolute atomic E-state index is 12.2. The first-order valence-corrected chi connectivity index (χ1v) is 5.48.